The van der Waals surface area contributed by atoms with Gasteiger partial charge in [-0.05, 0) is 35.1 Å². The molecule has 0 radical (unpaired) electrons. The average Bonchev–Trinajstić information content (AvgIpc) is 3.02. The molecule has 1 aliphatic rings. The van der Waals surface area contributed by atoms with E-state index >= 15 is 0 Å². The van der Waals surface area contributed by atoms with Crippen LogP contribution in [0.2, 0.25) is 0 Å². The SMILES string of the molecule is NCC1Cc2ccccc2CN1c1nccc2sccc12. The fourth-order valence-corrected chi connectivity index (χ4v) is 3.93. The summed E-state index contributed by atoms with van der Waals surface area (Å²) in [6, 6.07) is 13.2. The van der Waals surface area contributed by atoms with Crippen LogP contribution in [0.15, 0.2) is 48.0 Å². The molecule has 0 fully saturated rings. The predicted octanol–water partition coefficient (Wildman–Crippen LogP) is 3.19. The standard InChI is InChI=1S/C17H17N3S/c18-10-14-9-12-3-1-2-4-13(12)11-20(14)17-15-6-8-21-16(15)5-7-19-17/h1-8,14H,9-11,18H2. The maximum Gasteiger partial charge on any atom is 0.137 e. The van der Waals surface area contributed by atoms with E-state index in [0.717, 1.165) is 18.8 Å². The number of nitrogens with two attached hydrogens (primary N) is 1. The number of thiophene rings is 1. The van der Waals surface area contributed by atoms with E-state index < -0.39 is 0 Å². The van der Waals surface area contributed by atoms with E-state index in [1.807, 2.05) is 6.20 Å². The second kappa shape index (κ2) is 5.13. The number of hydrogen-bond acceptors (Lipinski definition) is 4. The van der Waals surface area contributed by atoms with Crippen LogP contribution in [-0.2, 0) is 13.0 Å². The van der Waals surface area contributed by atoms with Crippen molar-refractivity contribution in [2.75, 3.05) is 11.4 Å². The first-order chi connectivity index (χ1) is 10.4. The van der Waals surface area contributed by atoms with Crippen LogP contribution in [0, 0.1) is 0 Å². The van der Waals surface area contributed by atoms with Crippen LogP contribution < -0.4 is 10.6 Å². The summed E-state index contributed by atoms with van der Waals surface area (Å²) in [5.41, 5.74) is 8.84. The van der Waals surface area contributed by atoms with Crippen LogP contribution in [0.1, 0.15) is 11.1 Å². The number of hydrogen-bond donors (Lipinski definition) is 1. The van der Waals surface area contributed by atoms with Gasteiger partial charge in [-0.15, -0.1) is 11.3 Å². The highest BCUT2D eigenvalue weighted by Crippen LogP contribution is 2.33. The Morgan fingerprint density at radius 3 is 2.90 bits per heavy atom. The van der Waals surface area contributed by atoms with Crippen LogP contribution in [0.25, 0.3) is 10.1 Å². The second-order valence-electron chi connectivity index (χ2n) is 5.46. The van der Waals surface area contributed by atoms with Gasteiger partial charge in [-0.2, -0.15) is 0 Å². The molecule has 21 heavy (non-hydrogen) atoms. The zero-order valence-electron chi connectivity index (χ0n) is 11.7. The number of aromatic nitrogens is 1. The lowest BCUT2D eigenvalue weighted by Crippen LogP contribution is -2.45. The summed E-state index contributed by atoms with van der Waals surface area (Å²) in [6.45, 7) is 1.54. The lowest BCUT2D eigenvalue weighted by Gasteiger charge is -2.37. The van der Waals surface area contributed by atoms with Crippen molar-refractivity contribution >= 4 is 27.2 Å². The molecule has 0 saturated carbocycles. The van der Waals surface area contributed by atoms with Gasteiger partial charge in [0.15, 0.2) is 0 Å². The highest BCUT2D eigenvalue weighted by Gasteiger charge is 2.27. The van der Waals surface area contributed by atoms with Gasteiger partial charge in [0.05, 0.1) is 0 Å². The van der Waals surface area contributed by atoms with E-state index in [4.69, 9.17) is 5.73 Å². The van der Waals surface area contributed by atoms with Crippen molar-refractivity contribution in [2.45, 2.75) is 19.0 Å². The molecule has 0 spiro atoms. The van der Waals surface area contributed by atoms with Crippen molar-refractivity contribution in [3.05, 3.63) is 59.1 Å². The normalized spacial score (nSPS) is 18.0. The molecule has 0 saturated heterocycles. The van der Waals surface area contributed by atoms with Crippen LogP contribution in [0.3, 0.4) is 0 Å². The van der Waals surface area contributed by atoms with Gasteiger partial charge in [-0.1, -0.05) is 24.3 Å². The maximum absolute atomic E-state index is 6.04. The molecule has 1 aromatic carbocycles. The smallest absolute Gasteiger partial charge is 0.137 e. The van der Waals surface area contributed by atoms with Gasteiger partial charge in [0.2, 0.25) is 0 Å². The Kier molecular flexibility index (Phi) is 3.13. The average molecular weight is 295 g/mol. The Bertz CT molecular complexity index is 780. The number of rotatable bonds is 2. The lowest BCUT2D eigenvalue weighted by atomic mass is 9.94. The molecule has 3 aromatic rings. The van der Waals surface area contributed by atoms with Gasteiger partial charge in [-0.3, -0.25) is 0 Å². The molecule has 4 heteroatoms. The van der Waals surface area contributed by atoms with Gasteiger partial charge < -0.3 is 10.6 Å². The van der Waals surface area contributed by atoms with Crippen LogP contribution >= 0.6 is 11.3 Å². The topological polar surface area (TPSA) is 42.1 Å². The number of nitrogens with zero attached hydrogens (tertiary/aromatic N) is 2. The van der Waals surface area contributed by atoms with Crippen molar-refractivity contribution < 1.29 is 0 Å². The Hall–Kier alpha value is -1.91. The third-order valence-corrected chi connectivity index (χ3v) is 5.14. The Morgan fingerprint density at radius 2 is 2.05 bits per heavy atom. The monoisotopic (exact) mass is 295 g/mol. The zero-order valence-corrected chi connectivity index (χ0v) is 12.5. The molecule has 4 rings (SSSR count). The molecular weight excluding hydrogens is 278 g/mol. The van der Waals surface area contributed by atoms with Crippen molar-refractivity contribution in [3.63, 3.8) is 0 Å². The molecule has 0 aliphatic carbocycles. The largest absolute Gasteiger partial charge is 0.347 e. The summed E-state index contributed by atoms with van der Waals surface area (Å²) < 4.78 is 1.29. The van der Waals surface area contributed by atoms with E-state index in [9.17, 15) is 0 Å². The highest BCUT2D eigenvalue weighted by molar-refractivity contribution is 7.17. The van der Waals surface area contributed by atoms with Gasteiger partial charge in [-0.25, -0.2) is 4.98 Å². The molecule has 106 valence electrons. The highest BCUT2D eigenvalue weighted by atomic mass is 32.1. The number of pyridine rings is 1. The van der Waals surface area contributed by atoms with E-state index in [0.29, 0.717) is 12.6 Å². The Morgan fingerprint density at radius 1 is 1.19 bits per heavy atom. The molecule has 3 nitrogen and oxygen atoms in total. The van der Waals surface area contributed by atoms with E-state index in [2.05, 4.69) is 51.7 Å². The minimum Gasteiger partial charge on any atom is -0.347 e. The molecule has 0 bridgehead atoms. The summed E-state index contributed by atoms with van der Waals surface area (Å²) in [4.78, 5) is 7.02. The first-order valence-electron chi connectivity index (χ1n) is 7.22. The number of fused-ring (bicyclic) bond motifs is 2. The minimum atomic E-state index is 0.318. The van der Waals surface area contributed by atoms with Gasteiger partial charge in [0.25, 0.3) is 0 Å². The minimum absolute atomic E-state index is 0.318. The summed E-state index contributed by atoms with van der Waals surface area (Å²) in [7, 11) is 0. The molecule has 1 aliphatic heterocycles. The van der Waals surface area contributed by atoms with Crippen LogP contribution in [0.4, 0.5) is 5.82 Å². The quantitative estimate of drug-likeness (QED) is 0.789. The molecule has 0 amide bonds. The Balaban J connectivity index is 1.82. The molecule has 2 aromatic heterocycles. The fourth-order valence-electron chi connectivity index (χ4n) is 3.15. The lowest BCUT2D eigenvalue weighted by molar-refractivity contribution is 0.557. The summed E-state index contributed by atoms with van der Waals surface area (Å²) in [5.74, 6) is 1.07. The molecule has 3 heterocycles. The van der Waals surface area contributed by atoms with E-state index in [1.165, 1.54) is 21.2 Å². The van der Waals surface area contributed by atoms with Gasteiger partial charge >= 0.3 is 0 Å². The first-order valence-corrected chi connectivity index (χ1v) is 8.10. The number of anilines is 1. The molecule has 1 atom stereocenters. The predicted molar refractivity (Wildman–Crippen MR) is 88.8 cm³/mol. The summed E-state index contributed by atoms with van der Waals surface area (Å²) in [6.07, 6.45) is 2.90. The zero-order chi connectivity index (χ0) is 14.2. The molecule has 1 unspecified atom stereocenters. The van der Waals surface area contributed by atoms with Crippen molar-refractivity contribution in [1.29, 1.82) is 0 Å². The van der Waals surface area contributed by atoms with Crippen molar-refractivity contribution in [3.8, 4) is 0 Å². The van der Waals surface area contributed by atoms with Crippen molar-refractivity contribution in [1.82, 2.24) is 4.98 Å². The van der Waals surface area contributed by atoms with E-state index in [-0.39, 0.29) is 0 Å². The van der Waals surface area contributed by atoms with Gasteiger partial charge in [0, 0.05) is 35.4 Å². The fraction of sp³-hybridized carbons (Fsp3) is 0.235. The third-order valence-electron chi connectivity index (χ3n) is 4.26. The summed E-state index contributed by atoms with van der Waals surface area (Å²) >= 11 is 1.76. The maximum atomic E-state index is 6.04. The van der Waals surface area contributed by atoms with E-state index in [1.54, 1.807) is 11.3 Å². The molecular formula is C17H17N3S. The van der Waals surface area contributed by atoms with Crippen molar-refractivity contribution in [2.24, 2.45) is 5.73 Å². The first kappa shape index (κ1) is 12.8. The molecule has 2 N–H and O–H groups in total. The summed E-state index contributed by atoms with van der Waals surface area (Å²) in [5, 5.41) is 3.37. The van der Waals surface area contributed by atoms with Crippen LogP contribution in [0.5, 0.6) is 0 Å². The third kappa shape index (κ3) is 2.11. The van der Waals surface area contributed by atoms with Crippen LogP contribution in [-0.4, -0.2) is 17.6 Å². The second-order valence-corrected chi connectivity index (χ2v) is 6.40. The Labute approximate surface area is 128 Å². The number of benzene rings is 1. The van der Waals surface area contributed by atoms with Gasteiger partial charge in [0.1, 0.15) is 5.82 Å².